The lowest BCUT2D eigenvalue weighted by atomic mass is 9.82. The maximum absolute atomic E-state index is 3.81. The number of hydrogen-bond acceptors (Lipinski definition) is 4. The zero-order chi connectivity index (χ0) is 31.1. The van der Waals surface area contributed by atoms with Crippen LogP contribution in [0.3, 0.4) is 0 Å². The first-order valence-electron chi connectivity index (χ1n) is 16.1. The summed E-state index contributed by atoms with van der Waals surface area (Å²) in [5.74, 6) is 0. The van der Waals surface area contributed by atoms with Crippen molar-refractivity contribution in [3.05, 3.63) is 179 Å². The van der Waals surface area contributed by atoms with Gasteiger partial charge in [0.1, 0.15) is 6.17 Å². The Hall–Kier alpha value is -5.00. The summed E-state index contributed by atoms with van der Waals surface area (Å²) in [4.78, 5) is 0. The molecule has 226 valence electrons. The second-order valence-corrected chi connectivity index (χ2v) is 12.9. The molecule has 6 aromatic rings. The molecule has 4 heteroatoms. The van der Waals surface area contributed by atoms with Gasteiger partial charge in [-0.3, -0.25) is 5.32 Å². The third kappa shape index (κ3) is 5.21. The number of nitrogens with one attached hydrogen (secondary N) is 3. The fourth-order valence-electron chi connectivity index (χ4n) is 7.14. The average Bonchev–Trinajstić information content (AvgIpc) is 3.62. The summed E-state index contributed by atoms with van der Waals surface area (Å²) < 4.78 is 0. The standard InChI is InChI=1S/C42H38N4/c1-42(2)37-21-13-12-20-34(37)36-26-35(30-14-6-3-7-15-30)39(27-38(36)42)43-33-24-22-29(23-25-33)28-46-41(32-18-10-5-11-19-32)44-40(45-46)31-16-8-4-9-17-31/h3-27,40-41,43-45H,28H2,1-2H3. The van der Waals surface area contributed by atoms with Crippen molar-refractivity contribution in [2.24, 2.45) is 0 Å². The van der Waals surface area contributed by atoms with Crippen LogP contribution in [-0.4, -0.2) is 5.01 Å². The molecular weight excluding hydrogens is 560 g/mol. The Kier molecular flexibility index (Phi) is 7.26. The Balaban J connectivity index is 1.08. The van der Waals surface area contributed by atoms with Gasteiger partial charge < -0.3 is 5.32 Å². The molecule has 46 heavy (non-hydrogen) atoms. The zero-order valence-corrected chi connectivity index (χ0v) is 26.2. The molecule has 0 aromatic heterocycles. The molecule has 1 aliphatic heterocycles. The number of anilines is 2. The van der Waals surface area contributed by atoms with Gasteiger partial charge in [-0.25, -0.2) is 10.4 Å². The van der Waals surface area contributed by atoms with Crippen LogP contribution in [0.5, 0.6) is 0 Å². The lowest BCUT2D eigenvalue weighted by Crippen LogP contribution is -2.33. The highest BCUT2D eigenvalue weighted by molar-refractivity contribution is 5.91. The second kappa shape index (κ2) is 11.7. The molecule has 1 fully saturated rings. The van der Waals surface area contributed by atoms with Gasteiger partial charge in [-0.1, -0.05) is 141 Å². The predicted octanol–water partition coefficient (Wildman–Crippen LogP) is 9.71. The van der Waals surface area contributed by atoms with Crippen molar-refractivity contribution in [2.45, 2.75) is 38.1 Å². The molecule has 2 unspecified atom stereocenters. The number of hydrazine groups is 1. The summed E-state index contributed by atoms with van der Waals surface area (Å²) in [5, 5.41) is 9.91. The molecular formula is C42H38N4. The lowest BCUT2D eigenvalue weighted by Gasteiger charge is -2.24. The Bertz CT molecular complexity index is 1970. The summed E-state index contributed by atoms with van der Waals surface area (Å²) in [6.07, 6.45) is 0.0930. The molecule has 0 amide bonds. The van der Waals surface area contributed by atoms with Gasteiger partial charge in [0.2, 0.25) is 0 Å². The molecule has 8 rings (SSSR count). The maximum Gasteiger partial charge on any atom is 0.101 e. The van der Waals surface area contributed by atoms with Crippen LogP contribution in [0.25, 0.3) is 22.3 Å². The van der Waals surface area contributed by atoms with Crippen LogP contribution in [0.15, 0.2) is 152 Å². The number of hydrogen-bond donors (Lipinski definition) is 3. The van der Waals surface area contributed by atoms with Crippen LogP contribution in [-0.2, 0) is 12.0 Å². The van der Waals surface area contributed by atoms with Crippen LogP contribution in [0.1, 0.15) is 54.0 Å². The van der Waals surface area contributed by atoms with E-state index in [1.165, 1.54) is 50.1 Å². The Morgan fingerprint density at radius 2 is 1.24 bits per heavy atom. The van der Waals surface area contributed by atoms with Crippen molar-refractivity contribution in [3.63, 3.8) is 0 Å². The summed E-state index contributed by atoms with van der Waals surface area (Å²) in [7, 11) is 0. The highest BCUT2D eigenvalue weighted by Gasteiger charge is 2.36. The molecule has 4 nitrogen and oxygen atoms in total. The fraction of sp³-hybridized carbons (Fsp3) is 0.143. The molecule has 2 aliphatic rings. The van der Waals surface area contributed by atoms with E-state index >= 15 is 0 Å². The van der Waals surface area contributed by atoms with Gasteiger partial charge in [0.25, 0.3) is 0 Å². The third-order valence-corrected chi connectivity index (χ3v) is 9.57. The minimum atomic E-state index is -0.0644. The van der Waals surface area contributed by atoms with Gasteiger partial charge in [0, 0.05) is 28.9 Å². The molecule has 2 atom stereocenters. The van der Waals surface area contributed by atoms with Gasteiger partial charge in [-0.05, 0) is 68.8 Å². The SMILES string of the molecule is CC1(C)c2ccccc2-c2cc(-c3ccccc3)c(Nc3ccc(CN4NC(c5ccccc5)NC4c4ccccc4)cc3)cc21. The minimum Gasteiger partial charge on any atom is -0.355 e. The first kappa shape index (κ1) is 28.5. The van der Waals surface area contributed by atoms with Crippen molar-refractivity contribution >= 4 is 11.4 Å². The van der Waals surface area contributed by atoms with E-state index in [-0.39, 0.29) is 17.7 Å². The van der Waals surface area contributed by atoms with E-state index in [0.29, 0.717) is 0 Å². The molecule has 1 saturated heterocycles. The van der Waals surface area contributed by atoms with E-state index in [2.05, 4.69) is 187 Å². The van der Waals surface area contributed by atoms with Gasteiger partial charge in [-0.15, -0.1) is 0 Å². The van der Waals surface area contributed by atoms with E-state index in [0.717, 1.165) is 17.9 Å². The highest BCUT2D eigenvalue weighted by atomic mass is 15.6. The van der Waals surface area contributed by atoms with E-state index in [4.69, 9.17) is 0 Å². The maximum atomic E-state index is 3.81. The number of fused-ring (bicyclic) bond motifs is 3. The largest absolute Gasteiger partial charge is 0.355 e. The predicted molar refractivity (Wildman–Crippen MR) is 189 cm³/mol. The first-order chi connectivity index (χ1) is 22.5. The highest BCUT2D eigenvalue weighted by Crippen LogP contribution is 2.51. The number of benzene rings is 6. The van der Waals surface area contributed by atoms with Crippen molar-refractivity contribution in [1.29, 1.82) is 0 Å². The Morgan fingerprint density at radius 3 is 1.96 bits per heavy atom. The summed E-state index contributed by atoms with van der Waals surface area (Å²) in [6.45, 7) is 5.44. The molecule has 1 aliphatic carbocycles. The topological polar surface area (TPSA) is 39.3 Å². The molecule has 3 N–H and O–H groups in total. The molecule has 6 aromatic carbocycles. The Morgan fingerprint density at radius 1 is 0.609 bits per heavy atom. The summed E-state index contributed by atoms with van der Waals surface area (Å²) in [5.41, 5.74) is 17.4. The van der Waals surface area contributed by atoms with Crippen molar-refractivity contribution < 1.29 is 0 Å². The van der Waals surface area contributed by atoms with E-state index < -0.39 is 0 Å². The molecule has 0 bridgehead atoms. The quantitative estimate of drug-likeness (QED) is 0.171. The first-order valence-corrected chi connectivity index (χ1v) is 16.1. The van der Waals surface area contributed by atoms with Crippen molar-refractivity contribution in [1.82, 2.24) is 15.8 Å². The van der Waals surface area contributed by atoms with Crippen LogP contribution in [0, 0.1) is 0 Å². The van der Waals surface area contributed by atoms with E-state index in [1.54, 1.807) is 0 Å². The zero-order valence-electron chi connectivity index (χ0n) is 26.2. The van der Waals surface area contributed by atoms with E-state index in [1.807, 2.05) is 0 Å². The van der Waals surface area contributed by atoms with Crippen LogP contribution < -0.4 is 16.1 Å². The fourth-order valence-corrected chi connectivity index (χ4v) is 7.14. The molecule has 1 heterocycles. The summed E-state index contributed by atoms with van der Waals surface area (Å²) in [6, 6.07) is 54.4. The average molecular weight is 599 g/mol. The molecule has 0 spiro atoms. The normalized spacial score (nSPS) is 18.2. The van der Waals surface area contributed by atoms with Crippen LogP contribution in [0.2, 0.25) is 0 Å². The monoisotopic (exact) mass is 598 g/mol. The number of rotatable bonds is 7. The van der Waals surface area contributed by atoms with Crippen molar-refractivity contribution in [2.75, 3.05) is 5.32 Å². The molecule has 0 saturated carbocycles. The van der Waals surface area contributed by atoms with Crippen molar-refractivity contribution in [3.8, 4) is 22.3 Å². The van der Waals surface area contributed by atoms with Gasteiger partial charge in [-0.2, -0.15) is 0 Å². The smallest absolute Gasteiger partial charge is 0.101 e. The minimum absolute atomic E-state index is 0.0407. The molecule has 0 radical (unpaired) electrons. The Labute approximate surface area is 271 Å². The summed E-state index contributed by atoms with van der Waals surface area (Å²) >= 11 is 0. The van der Waals surface area contributed by atoms with Gasteiger partial charge in [0.05, 0.1) is 6.17 Å². The van der Waals surface area contributed by atoms with Crippen LogP contribution in [0.4, 0.5) is 11.4 Å². The second-order valence-electron chi connectivity index (χ2n) is 12.9. The number of nitrogens with zero attached hydrogens (tertiary/aromatic N) is 1. The van der Waals surface area contributed by atoms with Crippen LogP contribution >= 0.6 is 0 Å². The van der Waals surface area contributed by atoms with Gasteiger partial charge in [0.15, 0.2) is 0 Å². The third-order valence-electron chi connectivity index (χ3n) is 9.57. The van der Waals surface area contributed by atoms with E-state index in [9.17, 15) is 0 Å². The van der Waals surface area contributed by atoms with Gasteiger partial charge >= 0.3 is 0 Å². The lowest BCUT2D eigenvalue weighted by molar-refractivity contribution is 0.165.